The second-order valence-corrected chi connectivity index (χ2v) is 8.23. The lowest BCUT2D eigenvalue weighted by molar-refractivity contribution is 0.112. The summed E-state index contributed by atoms with van der Waals surface area (Å²) in [6.45, 7) is 1.96. The molecule has 0 spiro atoms. The lowest BCUT2D eigenvalue weighted by Gasteiger charge is -2.13. The van der Waals surface area contributed by atoms with Crippen LogP contribution in [0.15, 0.2) is 85.7 Å². The number of hydrogen-bond acceptors (Lipinski definition) is 8. The molecule has 3 aromatic heterocycles. The molecule has 0 fully saturated rings. The first-order valence-electron chi connectivity index (χ1n) is 11.2. The second kappa shape index (κ2) is 8.88. The van der Waals surface area contributed by atoms with Crippen LogP contribution in [0.4, 0.5) is 11.5 Å². The van der Waals surface area contributed by atoms with E-state index in [1.165, 1.54) is 6.33 Å². The highest BCUT2D eigenvalue weighted by atomic mass is 16.5. The first-order chi connectivity index (χ1) is 17.7. The van der Waals surface area contributed by atoms with Crippen molar-refractivity contribution < 1.29 is 9.53 Å². The summed E-state index contributed by atoms with van der Waals surface area (Å²) in [5.41, 5.74) is 5.80. The summed E-state index contributed by atoms with van der Waals surface area (Å²) in [7, 11) is 0. The molecule has 0 atom stereocenters. The van der Waals surface area contributed by atoms with Crippen molar-refractivity contribution in [2.75, 3.05) is 5.32 Å². The zero-order chi connectivity index (χ0) is 24.5. The summed E-state index contributed by atoms with van der Waals surface area (Å²) in [4.78, 5) is 24.4. The van der Waals surface area contributed by atoms with Crippen LogP contribution in [-0.4, -0.2) is 35.8 Å². The Morgan fingerprint density at radius 3 is 2.72 bits per heavy atom. The molecule has 0 aliphatic heterocycles. The molecule has 9 heteroatoms. The van der Waals surface area contributed by atoms with Crippen LogP contribution in [0.5, 0.6) is 11.6 Å². The molecule has 174 valence electrons. The van der Waals surface area contributed by atoms with Gasteiger partial charge in [-0.25, -0.2) is 15.0 Å². The smallest absolute Gasteiger partial charge is 0.224 e. The Kier molecular flexibility index (Phi) is 5.27. The Labute approximate surface area is 205 Å². The molecule has 36 heavy (non-hydrogen) atoms. The monoisotopic (exact) mass is 473 g/mol. The molecular formula is C27H19N7O2. The van der Waals surface area contributed by atoms with Crippen molar-refractivity contribution in [3.63, 3.8) is 0 Å². The highest BCUT2D eigenvalue weighted by Crippen LogP contribution is 2.31. The van der Waals surface area contributed by atoms with Gasteiger partial charge in [-0.15, -0.1) is 10.2 Å². The average molecular weight is 473 g/mol. The van der Waals surface area contributed by atoms with Gasteiger partial charge in [0.15, 0.2) is 5.65 Å². The molecule has 0 aliphatic rings. The van der Waals surface area contributed by atoms with Crippen LogP contribution < -0.4 is 10.1 Å². The van der Waals surface area contributed by atoms with Gasteiger partial charge in [0.1, 0.15) is 36.8 Å². The number of aldehydes is 1. The minimum Gasteiger partial charge on any atom is -0.439 e. The molecule has 3 aromatic carbocycles. The third-order valence-electron chi connectivity index (χ3n) is 5.81. The van der Waals surface area contributed by atoms with Gasteiger partial charge in [-0.2, -0.15) is 0 Å². The van der Waals surface area contributed by atoms with Crippen molar-refractivity contribution in [2.24, 2.45) is 0 Å². The summed E-state index contributed by atoms with van der Waals surface area (Å²) in [6, 6.07) is 21.0. The minimum absolute atomic E-state index is 0.437. The highest BCUT2D eigenvalue weighted by Gasteiger charge is 2.10. The van der Waals surface area contributed by atoms with E-state index in [1.54, 1.807) is 29.2 Å². The Balaban J connectivity index is 1.29. The average Bonchev–Trinajstić information content (AvgIpc) is 3.38. The Bertz CT molecular complexity index is 1750. The number of hydrogen-bond donors (Lipinski definition) is 1. The van der Waals surface area contributed by atoms with Crippen molar-refractivity contribution >= 4 is 34.3 Å². The maximum atomic E-state index is 11.2. The van der Waals surface area contributed by atoms with E-state index in [-0.39, 0.29) is 0 Å². The Morgan fingerprint density at radius 1 is 0.917 bits per heavy atom. The first-order valence-corrected chi connectivity index (χ1v) is 11.2. The van der Waals surface area contributed by atoms with Crippen LogP contribution in [-0.2, 0) is 0 Å². The van der Waals surface area contributed by atoms with Gasteiger partial charge >= 0.3 is 0 Å². The molecule has 0 unspecified atom stereocenters. The quantitative estimate of drug-likeness (QED) is 0.321. The molecule has 6 aromatic rings. The van der Waals surface area contributed by atoms with E-state index in [0.29, 0.717) is 28.7 Å². The molecule has 0 saturated carbocycles. The largest absolute Gasteiger partial charge is 0.439 e. The molecular weight excluding hydrogens is 454 g/mol. The van der Waals surface area contributed by atoms with Crippen molar-refractivity contribution in [1.29, 1.82) is 0 Å². The number of fused-ring (bicyclic) bond motifs is 2. The van der Waals surface area contributed by atoms with E-state index in [1.807, 2.05) is 61.5 Å². The number of ether oxygens (including phenoxy) is 1. The molecule has 9 nitrogen and oxygen atoms in total. The maximum absolute atomic E-state index is 11.2. The van der Waals surface area contributed by atoms with Crippen molar-refractivity contribution in [3.8, 4) is 22.8 Å². The van der Waals surface area contributed by atoms with Crippen LogP contribution in [0.3, 0.4) is 0 Å². The van der Waals surface area contributed by atoms with Gasteiger partial charge in [0.05, 0.1) is 5.52 Å². The van der Waals surface area contributed by atoms with Gasteiger partial charge in [-0.3, -0.25) is 9.20 Å². The Morgan fingerprint density at radius 2 is 1.83 bits per heavy atom. The van der Waals surface area contributed by atoms with Gasteiger partial charge < -0.3 is 10.1 Å². The molecule has 0 saturated heterocycles. The van der Waals surface area contributed by atoms with Crippen molar-refractivity contribution in [1.82, 2.24) is 29.5 Å². The van der Waals surface area contributed by atoms with E-state index in [9.17, 15) is 4.79 Å². The Hall–Kier alpha value is -5.18. The zero-order valence-corrected chi connectivity index (χ0v) is 19.2. The fourth-order valence-electron chi connectivity index (χ4n) is 3.98. The molecule has 0 amide bonds. The molecule has 6 rings (SSSR count). The zero-order valence-electron chi connectivity index (χ0n) is 19.2. The standard InChI is InChI=1S/C27H19N7O2/c1-17-9-21(6-8-24(17)36-26-12-25-33-31-16-34(25)15-30-26)32-27-22-11-20(5-7-23(22)28-14-29-27)19-4-2-3-18(10-19)13-35/h2-16H,1H3,(H,28,29,32). The fourth-order valence-corrected chi connectivity index (χ4v) is 3.98. The van der Waals surface area contributed by atoms with Gasteiger partial charge in [0, 0.05) is 22.7 Å². The van der Waals surface area contributed by atoms with Gasteiger partial charge in [-0.05, 0) is 60.0 Å². The van der Waals surface area contributed by atoms with Crippen LogP contribution in [0, 0.1) is 6.92 Å². The van der Waals surface area contributed by atoms with E-state index < -0.39 is 0 Å². The van der Waals surface area contributed by atoms with Gasteiger partial charge in [0.25, 0.3) is 0 Å². The number of aryl methyl sites for hydroxylation is 1. The van der Waals surface area contributed by atoms with Crippen molar-refractivity contribution in [2.45, 2.75) is 6.92 Å². The molecule has 1 N–H and O–H groups in total. The normalized spacial score (nSPS) is 11.0. The summed E-state index contributed by atoms with van der Waals surface area (Å²) in [5.74, 6) is 1.80. The lowest BCUT2D eigenvalue weighted by Crippen LogP contribution is -1.98. The van der Waals surface area contributed by atoms with E-state index in [4.69, 9.17) is 4.74 Å². The number of aromatic nitrogens is 6. The van der Waals surface area contributed by atoms with Crippen molar-refractivity contribution in [3.05, 3.63) is 96.8 Å². The van der Waals surface area contributed by atoms with Crippen LogP contribution in [0.1, 0.15) is 15.9 Å². The SMILES string of the molecule is Cc1cc(Nc2ncnc3ccc(-c4cccc(C=O)c4)cc23)ccc1Oc1cc2nncn2cn1. The van der Waals surface area contributed by atoms with Crippen LogP contribution in [0.2, 0.25) is 0 Å². The summed E-state index contributed by atoms with van der Waals surface area (Å²) in [6.07, 6.45) is 5.58. The summed E-state index contributed by atoms with van der Waals surface area (Å²) < 4.78 is 7.69. The third-order valence-corrected chi connectivity index (χ3v) is 5.81. The van der Waals surface area contributed by atoms with Gasteiger partial charge in [-0.1, -0.05) is 24.3 Å². The maximum Gasteiger partial charge on any atom is 0.224 e. The fraction of sp³-hybridized carbons (Fsp3) is 0.0370. The highest BCUT2D eigenvalue weighted by molar-refractivity contribution is 5.94. The number of carbonyl (C=O) groups excluding carboxylic acids is 1. The van der Waals surface area contributed by atoms with Gasteiger partial charge in [0.2, 0.25) is 5.88 Å². The topological polar surface area (TPSA) is 107 Å². The third kappa shape index (κ3) is 4.09. The molecule has 0 radical (unpaired) electrons. The van der Waals surface area contributed by atoms with E-state index >= 15 is 0 Å². The minimum atomic E-state index is 0.437. The lowest BCUT2D eigenvalue weighted by atomic mass is 10.0. The second-order valence-electron chi connectivity index (χ2n) is 8.23. The van der Waals surface area contributed by atoms with E-state index in [0.717, 1.165) is 39.6 Å². The number of anilines is 2. The molecule has 0 aliphatic carbocycles. The first kappa shape index (κ1) is 21.4. The number of carbonyl (C=O) groups is 1. The number of nitrogens with zero attached hydrogens (tertiary/aromatic N) is 6. The van der Waals surface area contributed by atoms with Crippen LogP contribution in [0.25, 0.3) is 27.7 Å². The molecule has 3 heterocycles. The number of nitrogens with one attached hydrogen (secondary N) is 1. The predicted molar refractivity (Wildman–Crippen MR) is 136 cm³/mol. The summed E-state index contributed by atoms with van der Waals surface area (Å²) >= 11 is 0. The predicted octanol–water partition coefficient (Wildman–Crippen LogP) is 5.39. The van der Waals surface area contributed by atoms with Crippen LogP contribution >= 0.6 is 0 Å². The number of benzene rings is 3. The number of rotatable bonds is 6. The molecule has 0 bridgehead atoms. The van der Waals surface area contributed by atoms with E-state index in [2.05, 4.69) is 30.5 Å². The summed E-state index contributed by atoms with van der Waals surface area (Å²) in [5, 5.41) is 12.1.